The molecule has 1 spiro atoms. The molecule has 8 aromatic carbocycles. The Labute approximate surface area is 328 Å². The molecule has 0 radical (unpaired) electrons. The van der Waals surface area contributed by atoms with Gasteiger partial charge in [0.2, 0.25) is 0 Å². The molecule has 1 heterocycles. The Morgan fingerprint density at radius 2 is 0.929 bits per heavy atom. The summed E-state index contributed by atoms with van der Waals surface area (Å²) in [6.45, 7) is 0. The van der Waals surface area contributed by atoms with Gasteiger partial charge in [0.25, 0.3) is 0 Å². The van der Waals surface area contributed by atoms with Gasteiger partial charge in [-0.2, -0.15) is 0 Å². The number of anilines is 1. The normalized spacial score (nSPS) is 17.2. The third-order valence-corrected chi connectivity index (χ3v) is 12.8. The molecule has 12 rings (SSSR count). The van der Waals surface area contributed by atoms with E-state index >= 15 is 0 Å². The molecule has 0 bridgehead atoms. The van der Waals surface area contributed by atoms with E-state index in [1.807, 2.05) is 0 Å². The fraction of sp³-hybridized carbons (Fsp3) is 0.0545. The van der Waals surface area contributed by atoms with Crippen molar-refractivity contribution in [3.8, 4) is 55.6 Å². The van der Waals surface area contributed by atoms with E-state index < -0.39 is 0 Å². The van der Waals surface area contributed by atoms with Crippen molar-refractivity contribution in [3.63, 3.8) is 0 Å². The van der Waals surface area contributed by atoms with Crippen LogP contribution in [0.5, 0.6) is 0 Å². The summed E-state index contributed by atoms with van der Waals surface area (Å²) in [5.74, 6) is 0.217. The highest BCUT2D eigenvalue weighted by molar-refractivity contribution is 6.00. The maximum Gasteiger partial charge on any atom is 0.0725 e. The van der Waals surface area contributed by atoms with Crippen molar-refractivity contribution in [1.29, 1.82) is 0 Å². The van der Waals surface area contributed by atoms with Crippen LogP contribution in [0.2, 0.25) is 0 Å². The number of rotatable bonds is 4. The van der Waals surface area contributed by atoms with Crippen LogP contribution in [0.1, 0.15) is 39.3 Å². The van der Waals surface area contributed by atoms with Gasteiger partial charge in [-0.3, -0.25) is 0 Å². The third-order valence-electron chi connectivity index (χ3n) is 12.8. The lowest BCUT2D eigenvalue weighted by molar-refractivity contribution is 0.794. The largest absolute Gasteiger partial charge is 0.378 e. The van der Waals surface area contributed by atoms with E-state index in [0.717, 1.165) is 0 Å². The second kappa shape index (κ2) is 12.0. The summed E-state index contributed by atoms with van der Waals surface area (Å²) < 4.78 is 0. The molecular formula is C55H37N. The van der Waals surface area contributed by atoms with Gasteiger partial charge in [0.05, 0.1) is 11.5 Å². The predicted octanol–water partition coefficient (Wildman–Crippen LogP) is 13.6. The molecule has 262 valence electrons. The van der Waals surface area contributed by atoms with Crippen molar-refractivity contribution in [2.45, 2.75) is 17.4 Å². The van der Waals surface area contributed by atoms with E-state index in [0.29, 0.717) is 0 Å². The van der Waals surface area contributed by atoms with Crippen molar-refractivity contribution < 1.29 is 0 Å². The smallest absolute Gasteiger partial charge is 0.0725 e. The zero-order chi connectivity index (χ0) is 36.8. The quantitative estimate of drug-likeness (QED) is 0.192. The zero-order valence-corrected chi connectivity index (χ0v) is 30.8. The van der Waals surface area contributed by atoms with Gasteiger partial charge < -0.3 is 5.32 Å². The number of fused-ring (bicyclic) bond motifs is 13. The third kappa shape index (κ3) is 4.43. The van der Waals surface area contributed by atoms with Crippen LogP contribution in [-0.4, -0.2) is 6.04 Å². The first-order chi connectivity index (χ1) is 27.8. The van der Waals surface area contributed by atoms with Crippen molar-refractivity contribution in [1.82, 2.24) is 0 Å². The van der Waals surface area contributed by atoms with Gasteiger partial charge in [0.1, 0.15) is 0 Å². The summed E-state index contributed by atoms with van der Waals surface area (Å²) >= 11 is 0. The Balaban J connectivity index is 0.996. The Bertz CT molecular complexity index is 2840. The Morgan fingerprint density at radius 1 is 0.393 bits per heavy atom. The minimum atomic E-state index is -0.350. The topological polar surface area (TPSA) is 12.0 Å². The monoisotopic (exact) mass is 711 g/mol. The maximum absolute atomic E-state index is 3.86. The van der Waals surface area contributed by atoms with Gasteiger partial charge >= 0.3 is 0 Å². The van der Waals surface area contributed by atoms with Gasteiger partial charge in [-0.1, -0.05) is 176 Å². The first kappa shape index (κ1) is 31.4. The number of benzene rings is 8. The Morgan fingerprint density at radius 3 is 1.59 bits per heavy atom. The van der Waals surface area contributed by atoms with Crippen LogP contribution in [0.4, 0.5) is 5.69 Å². The molecule has 3 aliphatic carbocycles. The molecule has 0 saturated heterocycles. The van der Waals surface area contributed by atoms with Crippen molar-refractivity contribution in [2.75, 3.05) is 5.32 Å². The summed E-state index contributed by atoms with van der Waals surface area (Å²) in [6, 6.07) is 70.1. The first-order valence-corrected chi connectivity index (χ1v) is 19.8. The highest BCUT2D eigenvalue weighted by atomic mass is 15.0. The molecule has 0 saturated carbocycles. The van der Waals surface area contributed by atoms with Crippen molar-refractivity contribution in [3.05, 3.63) is 240 Å². The molecule has 0 amide bonds. The number of nitrogens with one attached hydrogen (secondary N) is 1. The highest BCUT2D eigenvalue weighted by Gasteiger charge is 2.52. The van der Waals surface area contributed by atoms with Crippen LogP contribution < -0.4 is 5.32 Å². The average molecular weight is 712 g/mol. The Hall–Kier alpha value is -6.96. The number of hydrogen-bond acceptors (Lipinski definition) is 1. The molecule has 1 N–H and O–H groups in total. The van der Waals surface area contributed by atoms with E-state index in [-0.39, 0.29) is 17.4 Å². The summed E-state index contributed by atoms with van der Waals surface area (Å²) in [5, 5.41) is 3.86. The van der Waals surface area contributed by atoms with Gasteiger partial charge in [-0.25, -0.2) is 0 Å². The molecule has 0 fully saturated rings. The van der Waals surface area contributed by atoms with Crippen LogP contribution in [-0.2, 0) is 5.41 Å². The SMILES string of the molecule is C1=CC2Nc3ccc(-c4cccc5c4-c4ccccc4C54c5ccccc5-c5ccccc54)cc3C2C=C1c1cc(-c2ccccc2)cc(-c2ccccc2)c1. The van der Waals surface area contributed by atoms with Crippen LogP contribution in [0.15, 0.2) is 206 Å². The van der Waals surface area contributed by atoms with E-state index in [1.165, 1.54) is 100 Å². The predicted molar refractivity (Wildman–Crippen MR) is 233 cm³/mol. The van der Waals surface area contributed by atoms with Crippen molar-refractivity contribution in [2.24, 2.45) is 0 Å². The van der Waals surface area contributed by atoms with Gasteiger partial charge in [-0.05, 0) is 125 Å². The van der Waals surface area contributed by atoms with Gasteiger partial charge in [0.15, 0.2) is 0 Å². The Kier molecular flexibility index (Phi) is 6.74. The van der Waals surface area contributed by atoms with E-state index in [4.69, 9.17) is 0 Å². The maximum atomic E-state index is 3.86. The fourth-order valence-electron chi connectivity index (χ4n) is 10.4. The summed E-state index contributed by atoms with van der Waals surface area (Å²) in [4.78, 5) is 0. The molecule has 0 aromatic heterocycles. The lowest BCUT2D eigenvalue weighted by atomic mass is 9.70. The zero-order valence-electron chi connectivity index (χ0n) is 30.8. The molecule has 4 aliphatic rings. The first-order valence-electron chi connectivity index (χ1n) is 19.8. The number of allylic oxidation sites excluding steroid dienone is 2. The average Bonchev–Trinajstić information content (AvgIpc) is 3.90. The lowest BCUT2D eigenvalue weighted by Crippen LogP contribution is -2.25. The van der Waals surface area contributed by atoms with Gasteiger partial charge in [-0.15, -0.1) is 0 Å². The van der Waals surface area contributed by atoms with E-state index in [2.05, 4.69) is 212 Å². The molecular weight excluding hydrogens is 675 g/mol. The van der Waals surface area contributed by atoms with Crippen molar-refractivity contribution >= 4 is 11.3 Å². The second-order valence-corrected chi connectivity index (χ2v) is 15.6. The minimum absolute atomic E-state index is 0.215. The fourth-order valence-corrected chi connectivity index (χ4v) is 10.4. The van der Waals surface area contributed by atoms with E-state index in [9.17, 15) is 0 Å². The summed E-state index contributed by atoms with van der Waals surface area (Å²) in [7, 11) is 0. The summed E-state index contributed by atoms with van der Waals surface area (Å²) in [6.07, 6.45) is 7.18. The second-order valence-electron chi connectivity index (χ2n) is 15.6. The van der Waals surface area contributed by atoms with E-state index in [1.54, 1.807) is 0 Å². The minimum Gasteiger partial charge on any atom is -0.378 e. The molecule has 1 aliphatic heterocycles. The highest BCUT2D eigenvalue weighted by Crippen LogP contribution is 2.64. The molecule has 56 heavy (non-hydrogen) atoms. The molecule has 8 aromatic rings. The van der Waals surface area contributed by atoms with Crippen LogP contribution >= 0.6 is 0 Å². The molecule has 2 unspecified atom stereocenters. The lowest BCUT2D eigenvalue weighted by Gasteiger charge is -2.30. The molecule has 1 nitrogen and oxygen atoms in total. The number of hydrogen-bond donors (Lipinski definition) is 1. The van der Waals surface area contributed by atoms with Crippen LogP contribution in [0.3, 0.4) is 0 Å². The van der Waals surface area contributed by atoms with Crippen LogP contribution in [0.25, 0.3) is 61.2 Å². The molecule has 2 atom stereocenters. The van der Waals surface area contributed by atoms with Crippen LogP contribution in [0, 0.1) is 0 Å². The van der Waals surface area contributed by atoms with Gasteiger partial charge in [0, 0.05) is 11.6 Å². The molecule has 1 heteroatoms. The summed E-state index contributed by atoms with van der Waals surface area (Å²) in [5.41, 5.74) is 23.1. The standard InChI is InChI=1S/C55H37N/c1-3-14-35(15-4-1)39-30-40(36-16-5-2-6-17-36)32-41(31-39)37-26-28-52-46(33-37)47-34-38(27-29-53(47)56-52)42-21-13-25-51-54(42)45-20-9-12-24-50(45)55(51)48-22-10-7-18-43(48)44-19-8-11-23-49(44)55/h1-34,46,52,56H.